The third-order valence-electron chi connectivity index (χ3n) is 4.46. The molecule has 2 aromatic rings. The fraction of sp³-hybridized carbons (Fsp3) is 0.381. The number of guanidine groups is 1. The van der Waals surface area contributed by atoms with Crippen molar-refractivity contribution < 1.29 is 8.78 Å². The van der Waals surface area contributed by atoms with Gasteiger partial charge in [-0.25, -0.2) is 8.78 Å². The summed E-state index contributed by atoms with van der Waals surface area (Å²) in [5, 5.41) is 6.19. The Labute approximate surface area is 183 Å². The molecule has 4 nitrogen and oxygen atoms in total. The van der Waals surface area contributed by atoms with Crippen LogP contribution < -0.4 is 10.6 Å². The Kier molecular flexibility index (Phi) is 11.0. The normalized spacial score (nSPS) is 11.3. The highest BCUT2D eigenvalue weighted by molar-refractivity contribution is 14.0. The van der Waals surface area contributed by atoms with Gasteiger partial charge in [-0.2, -0.15) is 0 Å². The SMILES string of the molecule is CCN(CC)Cc1ccc(CNC(=NC)NCc2cc(F)ccc2F)cc1.I. The Morgan fingerprint density at radius 1 is 0.929 bits per heavy atom. The Hall–Kier alpha value is -1.74. The van der Waals surface area contributed by atoms with Crippen molar-refractivity contribution >= 4 is 29.9 Å². The molecule has 2 rings (SSSR count). The molecule has 0 saturated carbocycles. The number of nitrogens with zero attached hydrogens (tertiary/aromatic N) is 2. The second kappa shape index (κ2) is 12.7. The van der Waals surface area contributed by atoms with E-state index in [-0.39, 0.29) is 36.1 Å². The maximum absolute atomic E-state index is 13.7. The van der Waals surface area contributed by atoms with Crippen LogP contribution in [0.2, 0.25) is 0 Å². The lowest BCUT2D eigenvalue weighted by Gasteiger charge is -2.18. The zero-order valence-electron chi connectivity index (χ0n) is 16.6. The molecular weight excluding hydrogens is 473 g/mol. The minimum Gasteiger partial charge on any atom is -0.352 e. The van der Waals surface area contributed by atoms with E-state index >= 15 is 0 Å². The lowest BCUT2D eigenvalue weighted by molar-refractivity contribution is 0.296. The molecular formula is C21H29F2IN4. The fourth-order valence-corrected chi connectivity index (χ4v) is 2.73. The van der Waals surface area contributed by atoms with Gasteiger partial charge < -0.3 is 10.6 Å². The Morgan fingerprint density at radius 3 is 2.14 bits per heavy atom. The first kappa shape index (κ1) is 24.3. The van der Waals surface area contributed by atoms with Gasteiger partial charge in [0, 0.05) is 32.2 Å². The molecule has 0 amide bonds. The second-order valence-electron chi connectivity index (χ2n) is 6.29. The molecule has 0 aliphatic heterocycles. The largest absolute Gasteiger partial charge is 0.352 e. The lowest BCUT2D eigenvalue weighted by Crippen LogP contribution is -2.36. The number of rotatable bonds is 8. The molecule has 0 bridgehead atoms. The summed E-state index contributed by atoms with van der Waals surface area (Å²) in [6.45, 7) is 8.10. The van der Waals surface area contributed by atoms with Gasteiger partial charge in [0.15, 0.2) is 5.96 Å². The summed E-state index contributed by atoms with van der Waals surface area (Å²) in [5.74, 6) is -0.366. The highest BCUT2D eigenvalue weighted by Crippen LogP contribution is 2.10. The van der Waals surface area contributed by atoms with Gasteiger partial charge in [-0.1, -0.05) is 38.1 Å². The first-order valence-electron chi connectivity index (χ1n) is 9.24. The molecule has 0 spiro atoms. The fourth-order valence-electron chi connectivity index (χ4n) is 2.73. The van der Waals surface area contributed by atoms with Crippen LogP contribution in [0.25, 0.3) is 0 Å². The minimum atomic E-state index is -0.457. The van der Waals surface area contributed by atoms with Crippen LogP contribution in [0.15, 0.2) is 47.5 Å². The van der Waals surface area contributed by atoms with Crippen molar-refractivity contribution in [1.29, 1.82) is 0 Å². The summed E-state index contributed by atoms with van der Waals surface area (Å²) < 4.78 is 26.9. The maximum atomic E-state index is 13.7. The number of nitrogens with one attached hydrogen (secondary N) is 2. The zero-order valence-corrected chi connectivity index (χ0v) is 19.0. The summed E-state index contributed by atoms with van der Waals surface area (Å²) in [4.78, 5) is 6.49. The van der Waals surface area contributed by atoms with E-state index in [0.717, 1.165) is 37.3 Å². The van der Waals surface area contributed by atoms with Crippen LogP contribution in [-0.2, 0) is 19.6 Å². The van der Waals surface area contributed by atoms with Crippen LogP contribution in [-0.4, -0.2) is 31.0 Å². The molecule has 0 atom stereocenters. The van der Waals surface area contributed by atoms with E-state index in [9.17, 15) is 8.78 Å². The maximum Gasteiger partial charge on any atom is 0.191 e. The van der Waals surface area contributed by atoms with Crippen molar-refractivity contribution in [2.75, 3.05) is 20.1 Å². The van der Waals surface area contributed by atoms with Crippen LogP contribution in [0, 0.1) is 11.6 Å². The smallest absolute Gasteiger partial charge is 0.191 e. The van der Waals surface area contributed by atoms with Gasteiger partial charge in [0.05, 0.1) is 0 Å². The molecule has 154 valence electrons. The molecule has 28 heavy (non-hydrogen) atoms. The standard InChI is InChI=1S/C21H28F2N4.HI/c1-4-27(5-2)15-17-8-6-16(7-9-17)13-25-21(24-3)26-14-18-12-19(22)10-11-20(18)23;/h6-12H,4-5,13-15H2,1-3H3,(H2,24,25,26);1H. The average molecular weight is 502 g/mol. The summed E-state index contributed by atoms with van der Waals surface area (Å²) in [6, 6.07) is 11.9. The van der Waals surface area contributed by atoms with E-state index < -0.39 is 11.6 Å². The third-order valence-corrected chi connectivity index (χ3v) is 4.46. The number of aliphatic imine (C=N–C) groups is 1. The van der Waals surface area contributed by atoms with Crippen LogP contribution in [0.1, 0.15) is 30.5 Å². The molecule has 0 fully saturated rings. The first-order chi connectivity index (χ1) is 13.0. The van der Waals surface area contributed by atoms with Gasteiger partial charge in [0.1, 0.15) is 11.6 Å². The topological polar surface area (TPSA) is 39.7 Å². The summed E-state index contributed by atoms with van der Waals surface area (Å²) in [5.41, 5.74) is 2.67. The first-order valence-corrected chi connectivity index (χ1v) is 9.24. The van der Waals surface area contributed by atoms with Crippen LogP contribution in [0.5, 0.6) is 0 Å². The van der Waals surface area contributed by atoms with Gasteiger partial charge in [0.2, 0.25) is 0 Å². The van der Waals surface area contributed by atoms with Gasteiger partial charge in [-0.3, -0.25) is 9.89 Å². The predicted molar refractivity (Wildman–Crippen MR) is 122 cm³/mol. The van der Waals surface area contributed by atoms with Crippen molar-refractivity contribution in [3.8, 4) is 0 Å². The van der Waals surface area contributed by atoms with Crippen molar-refractivity contribution in [2.45, 2.75) is 33.5 Å². The molecule has 0 aliphatic rings. The number of benzene rings is 2. The van der Waals surface area contributed by atoms with Crippen molar-refractivity contribution in [2.24, 2.45) is 4.99 Å². The molecule has 0 unspecified atom stereocenters. The molecule has 2 N–H and O–H groups in total. The summed E-state index contributed by atoms with van der Waals surface area (Å²) in [6.07, 6.45) is 0. The van der Waals surface area contributed by atoms with Gasteiger partial charge in [0.25, 0.3) is 0 Å². The van der Waals surface area contributed by atoms with Gasteiger partial charge in [-0.15, -0.1) is 24.0 Å². The van der Waals surface area contributed by atoms with Crippen LogP contribution in [0.3, 0.4) is 0 Å². The monoisotopic (exact) mass is 502 g/mol. The third kappa shape index (κ3) is 7.71. The van der Waals surface area contributed by atoms with Crippen molar-refractivity contribution in [1.82, 2.24) is 15.5 Å². The van der Waals surface area contributed by atoms with E-state index in [4.69, 9.17) is 0 Å². The highest BCUT2D eigenvalue weighted by atomic mass is 127. The molecule has 2 aromatic carbocycles. The van der Waals surface area contributed by atoms with Crippen molar-refractivity contribution in [3.63, 3.8) is 0 Å². The molecule has 7 heteroatoms. The highest BCUT2D eigenvalue weighted by Gasteiger charge is 2.06. The molecule has 0 saturated heterocycles. The Balaban J connectivity index is 0.00000392. The molecule has 0 radical (unpaired) electrons. The van der Waals surface area contributed by atoms with Crippen LogP contribution in [0.4, 0.5) is 8.78 Å². The molecule has 0 heterocycles. The Bertz CT molecular complexity index is 747. The summed E-state index contributed by atoms with van der Waals surface area (Å²) >= 11 is 0. The number of hydrogen-bond donors (Lipinski definition) is 2. The molecule has 0 aromatic heterocycles. The predicted octanol–water partition coefficient (Wildman–Crippen LogP) is 4.29. The second-order valence-corrected chi connectivity index (χ2v) is 6.29. The van der Waals surface area contributed by atoms with Gasteiger partial charge in [-0.05, 0) is 42.4 Å². The van der Waals surface area contributed by atoms with E-state index in [2.05, 4.69) is 58.6 Å². The van der Waals surface area contributed by atoms with E-state index in [1.807, 2.05) is 0 Å². The summed E-state index contributed by atoms with van der Waals surface area (Å²) in [7, 11) is 1.64. The quantitative estimate of drug-likeness (QED) is 0.322. The number of hydrogen-bond acceptors (Lipinski definition) is 2. The zero-order chi connectivity index (χ0) is 19.6. The van der Waals surface area contributed by atoms with Crippen LogP contribution >= 0.6 is 24.0 Å². The Morgan fingerprint density at radius 2 is 1.54 bits per heavy atom. The molecule has 0 aliphatic carbocycles. The van der Waals surface area contributed by atoms with E-state index in [1.165, 1.54) is 11.6 Å². The average Bonchev–Trinajstić information content (AvgIpc) is 2.69. The van der Waals surface area contributed by atoms with E-state index in [1.54, 1.807) is 7.05 Å². The van der Waals surface area contributed by atoms with E-state index in [0.29, 0.717) is 12.5 Å². The minimum absolute atomic E-state index is 0. The van der Waals surface area contributed by atoms with Gasteiger partial charge >= 0.3 is 0 Å². The number of halogens is 3. The lowest BCUT2D eigenvalue weighted by atomic mass is 10.1. The van der Waals surface area contributed by atoms with Crippen molar-refractivity contribution in [3.05, 3.63) is 70.8 Å².